The van der Waals surface area contributed by atoms with E-state index in [9.17, 15) is 4.79 Å². The van der Waals surface area contributed by atoms with Gasteiger partial charge in [0.05, 0.1) is 23.4 Å². The van der Waals surface area contributed by atoms with E-state index in [-0.39, 0.29) is 18.1 Å². The molecule has 2 aromatic rings. The number of nitriles is 1. The second-order valence-electron chi connectivity index (χ2n) is 8.09. The molecule has 142 valence electrons. The molecule has 28 heavy (non-hydrogen) atoms. The average molecular weight is 373 g/mol. The molecule has 2 fully saturated rings. The number of ether oxygens (including phenoxy) is 1. The molecule has 1 saturated carbocycles. The number of fused-ring (bicyclic) bond motifs is 3. The summed E-state index contributed by atoms with van der Waals surface area (Å²) in [6.45, 7) is 2.21. The normalized spacial score (nSPS) is 24.1. The van der Waals surface area contributed by atoms with Crippen LogP contribution in [0.5, 0.6) is 5.75 Å². The Morgan fingerprint density at radius 1 is 1.11 bits per heavy atom. The van der Waals surface area contributed by atoms with Crippen molar-refractivity contribution in [3.05, 3.63) is 59.7 Å². The van der Waals surface area contributed by atoms with Gasteiger partial charge in [-0.15, -0.1) is 0 Å². The summed E-state index contributed by atoms with van der Waals surface area (Å²) >= 11 is 0. The first kappa shape index (κ1) is 17.3. The highest BCUT2D eigenvalue weighted by molar-refractivity contribution is 5.99. The topological polar surface area (TPSA) is 56.6 Å². The van der Waals surface area contributed by atoms with E-state index in [0.29, 0.717) is 18.0 Å². The molecule has 2 atom stereocenters. The van der Waals surface area contributed by atoms with Crippen molar-refractivity contribution < 1.29 is 9.53 Å². The van der Waals surface area contributed by atoms with Crippen molar-refractivity contribution in [2.75, 3.05) is 18.0 Å². The Balaban J connectivity index is 1.43. The number of carbonyl (C=O) groups is 1. The van der Waals surface area contributed by atoms with Crippen molar-refractivity contribution in [2.45, 2.75) is 38.0 Å². The maximum Gasteiger partial charge on any atom is 0.244 e. The predicted octanol–water partition coefficient (Wildman–Crippen LogP) is 3.34. The van der Waals surface area contributed by atoms with E-state index in [0.717, 1.165) is 36.5 Å². The molecule has 0 radical (unpaired) electrons. The van der Waals surface area contributed by atoms with E-state index >= 15 is 0 Å². The van der Waals surface area contributed by atoms with Gasteiger partial charge in [0.1, 0.15) is 11.9 Å². The number of nitrogens with zero attached hydrogens (tertiary/aromatic N) is 3. The Bertz CT molecular complexity index is 930. The summed E-state index contributed by atoms with van der Waals surface area (Å²) in [4.78, 5) is 17.8. The molecule has 5 rings (SSSR count). The Hall–Kier alpha value is -2.84. The maximum atomic E-state index is 13.6. The van der Waals surface area contributed by atoms with Crippen LogP contribution in [0, 0.1) is 17.2 Å². The lowest BCUT2D eigenvalue weighted by molar-refractivity contribution is -0.123. The van der Waals surface area contributed by atoms with Gasteiger partial charge in [0.2, 0.25) is 5.91 Å². The number of rotatable bonds is 4. The molecule has 0 unspecified atom stereocenters. The average Bonchev–Trinajstić information content (AvgIpc) is 3.45. The first-order chi connectivity index (χ1) is 13.7. The highest BCUT2D eigenvalue weighted by atomic mass is 16.5. The Labute approximate surface area is 165 Å². The van der Waals surface area contributed by atoms with E-state index in [1.54, 1.807) is 0 Å². The molecule has 2 aliphatic heterocycles. The molecule has 2 bridgehead atoms. The van der Waals surface area contributed by atoms with Gasteiger partial charge in [0.15, 0.2) is 0 Å². The number of benzene rings is 2. The molecule has 0 aromatic heterocycles. The molecule has 0 spiro atoms. The van der Waals surface area contributed by atoms with Crippen LogP contribution in [-0.2, 0) is 11.3 Å². The summed E-state index contributed by atoms with van der Waals surface area (Å²) in [7, 11) is 0. The quantitative estimate of drug-likeness (QED) is 0.825. The van der Waals surface area contributed by atoms with Crippen molar-refractivity contribution >= 4 is 11.6 Å². The summed E-state index contributed by atoms with van der Waals surface area (Å²) in [6.07, 6.45) is 3.16. The summed E-state index contributed by atoms with van der Waals surface area (Å²) < 4.78 is 6.33. The van der Waals surface area contributed by atoms with Crippen molar-refractivity contribution in [1.82, 2.24) is 4.90 Å². The third-order valence-electron chi connectivity index (χ3n) is 5.97. The van der Waals surface area contributed by atoms with Crippen molar-refractivity contribution in [3.8, 4) is 11.8 Å². The third-order valence-corrected chi connectivity index (χ3v) is 5.97. The minimum Gasteiger partial charge on any atom is -0.487 e. The van der Waals surface area contributed by atoms with Crippen molar-refractivity contribution in [2.24, 2.45) is 5.92 Å². The van der Waals surface area contributed by atoms with E-state index in [1.807, 2.05) is 53.4 Å². The first-order valence-corrected chi connectivity index (χ1v) is 10.0. The van der Waals surface area contributed by atoms with Crippen LogP contribution >= 0.6 is 0 Å². The second kappa shape index (κ2) is 6.96. The lowest BCUT2D eigenvalue weighted by atomic mass is 10.1. The highest BCUT2D eigenvalue weighted by Crippen LogP contribution is 2.39. The molecule has 1 saturated heterocycles. The summed E-state index contributed by atoms with van der Waals surface area (Å²) in [5.74, 6) is 1.62. The number of hydrogen-bond acceptors (Lipinski definition) is 4. The number of para-hydroxylation sites is 2. The van der Waals surface area contributed by atoms with Crippen LogP contribution in [0.15, 0.2) is 48.5 Å². The summed E-state index contributed by atoms with van der Waals surface area (Å²) in [5.41, 5.74) is 2.68. The number of hydrogen-bond donors (Lipinski definition) is 0. The van der Waals surface area contributed by atoms with Crippen LogP contribution in [0.25, 0.3) is 0 Å². The van der Waals surface area contributed by atoms with E-state index in [1.165, 1.54) is 12.8 Å². The van der Waals surface area contributed by atoms with Crippen LogP contribution < -0.4 is 9.64 Å². The van der Waals surface area contributed by atoms with Crippen molar-refractivity contribution in [1.29, 1.82) is 5.26 Å². The summed E-state index contributed by atoms with van der Waals surface area (Å²) in [6, 6.07) is 17.6. The van der Waals surface area contributed by atoms with Gasteiger partial charge in [-0.25, -0.2) is 0 Å². The molecule has 1 aliphatic carbocycles. The van der Waals surface area contributed by atoms with Gasteiger partial charge in [-0.2, -0.15) is 5.26 Å². The summed E-state index contributed by atoms with van der Waals surface area (Å²) in [5, 5.41) is 9.00. The first-order valence-electron chi connectivity index (χ1n) is 10.0. The zero-order valence-electron chi connectivity index (χ0n) is 15.8. The van der Waals surface area contributed by atoms with Gasteiger partial charge in [0.25, 0.3) is 0 Å². The number of amides is 1. The highest BCUT2D eigenvalue weighted by Gasteiger charge is 2.43. The number of anilines is 1. The number of carbonyl (C=O) groups excluding carboxylic acids is 1. The molecule has 1 amide bonds. The smallest absolute Gasteiger partial charge is 0.244 e. The Morgan fingerprint density at radius 3 is 2.64 bits per heavy atom. The minimum absolute atomic E-state index is 0.0246. The Kier molecular flexibility index (Phi) is 4.29. The van der Waals surface area contributed by atoms with Crippen LogP contribution in [0.3, 0.4) is 0 Å². The monoisotopic (exact) mass is 373 g/mol. The zero-order valence-corrected chi connectivity index (χ0v) is 15.8. The van der Waals surface area contributed by atoms with Crippen LogP contribution in [-0.4, -0.2) is 36.0 Å². The van der Waals surface area contributed by atoms with E-state index in [4.69, 9.17) is 10.00 Å². The molecular weight excluding hydrogens is 350 g/mol. The lowest BCUT2D eigenvalue weighted by Gasteiger charge is -2.32. The fraction of sp³-hybridized carbons (Fsp3) is 0.391. The fourth-order valence-corrected chi connectivity index (χ4v) is 4.30. The molecule has 2 aromatic carbocycles. The van der Waals surface area contributed by atoms with Gasteiger partial charge in [0, 0.05) is 26.1 Å². The molecule has 3 aliphatic rings. The van der Waals surface area contributed by atoms with Gasteiger partial charge < -0.3 is 9.64 Å². The lowest BCUT2D eigenvalue weighted by Crippen LogP contribution is -2.46. The standard InChI is InChI=1S/C23H23N3O2/c24-12-16-5-7-17(8-6-16)13-25-15-19-11-21(25)23(27)26(14-18-9-10-18)20-3-1-2-4-22(20)28-19/h1-8,18-19,21H,9-11,13-15H2/t19-,21-/m0/s1. The molecule has 2 heterocycles. The zero-order chi connectivity index (χ0) is 19.1. The van der Waals surface area contributed by atoms with Gasteiger partial charge in [-0.05, 0) is 48.6 Å². The van der Waals surface area contributed by atoms with Crippen LogP contribution in [0.4, 0.5) is 5.69 Å². The Morgan fingerprint density at radius 2 is 1.89 bits per heavy atom. The van der Waals surface area contributed by atoms with Gasteiger partial charge in [-0.3, -0.25) is 9.69 Å². The van der Waals surface area contributed by atoms with E-state index in [2.05, 4.69) is 11.0 Å². The minimum atomic E-state index is -0.159. The van der Waals surface area contributed by atoms with Gasteiger partial charge in [-0.1, -0.05) is 24.3 Å². The van der Waals surface area contributed by atoms with Crippen LogP contribution in [0.2, 0.25) is 0 Å². The largest absolute Gasteiger partial charge is 0.487 e. The maximum absolute atomic E-state index is 13.6. The van der Waals surface area contributed by atoms with Crippen LogP contribution in [0.1, 0.15) is 30.4 Å². The SMILES string of the molecule is N#Cc1ccc(CN2C[C@@H]3C[C@H]2C(=O)N(CC2CC2)c2ccccc2O3)cc1. The molecule has 5 nitrogen and oxygen atoms in total. The molecular formula is C23H23N3O2. The fourth-order valence-electron chi connectivity index (χ4n) is 4.30. The van der Waals surface area contributed by atoms with Crippen molar-refractivity contribution in [3.63, 3.8) is 0 Å². The number of likely N-dealkylation sites (tertiary alicyclic amines) is 1. The second-order valence-corrected chi connectivity index (χ2v) is 8.09. The molecule has 0 N–H and O–H groups in total. The van der Waals surface area contributed by atoms with E-state index < -0.39 is 0 Å². The predicted molar refractivity (Wildman–Crippen MR) is 106 cm³/mol. The third kappa shape index (κ3) is 3.25. The van der Waals surface area contributed by atoms with Gasteiger partial charge >= 0.3 is 0 Å². The molecule has 5 heteroatoms.